The molecule has 0 aliphatic heterocycles. The third-order valence-corrected chi connectivity index (χ3v) is 6.14. The molecule has 1 fully saturated rings. The van der Waals surface area contributed by atoms with Gasteiger partial charge in [-0.15, -0.1) is 11.8 Å². The number of hydrogen-bond acceptors (Lipinski definition) is 4. The summed E-state index contributed by atoms with van der Waals surface area (Å²) in [5, 5.41) is 2.80. The minimum Gasteiger partial charge on any atom is -0.322 e. The summed E-state index contributed by atoms with van der Waals surface area (Å²) < 4.78 is 27.3. The van der Waals surface area contributed by atoms with E-state index in [1.165, 1.54) is 12.1 Å². The van der Waals surface area contributed by atoms with Gasteiger partial charge in [-0.25, -0.2) is 13.1 Å². The molecule has 0 heterocycles. The zero-order chi connectivity index (χ0) is 17.9. The van der Waals surface area contributed by atoms with E-state index in [1.807, 2.05) is 24.5 Å². The number of rotatable bonds is 7. The van der Waals surface area contributed by atoms with Crippen molar-refractivity contribution in [2.45, 2.75) is 22.6 Å². The topological polar surface area (TPSA) is 75.3 Å². The Kier molecular flexibility index (Phi) is 5.46. The van der Waals surface area contributed by atoms with Gasteiger partial charge in [0.1, 0.15) is 0 Å². The average Bonchev–Trinajstić information content (AvgIpc) is 3.45. The summed E-state index contributed by atoms with van der Waals surface area (Å²) in [6.07, 6.45) is 4.10. The van der Waals surface area contributed by atoms with Crippen LogP contribution in [0.25, 0.3) is 0 Å². The van der Waals surface area contributed by atoms with E-state index in [9.17, 15) is 13.2 Å². The Bertz CT molecular complexity index is 877. The molecule has 5 nitrogen and oxygen atoms in total. The smallest absolute Gasteiger partial charge is 0.255 e. The lowest BCUT2D eigenvalue weighted by atomic mass is 10.2. The summed E-state index contributed by atoms with van der Waals surface area (Å²) in [6, 6.07) is 13.6. The van der Waals surface area contributed by atoms with Crippen LogP contribution in [-0.4, -0.2) is 27.1 Å². The Morgan fingerprint density at radius 1 is 1.16 bits per heavy atom. The quantitative estimate of drug-likeness (QED) is 0.727. The van der Waals surface area contributed by atoms with Gasteiger partial charge in [-0.2, -0.15) is 0 Å². The van der Waals surface area contributed by atoms with Crippen LogP contribution < -0.4 is 10.0 Å². The molecule has 1 aliphatic rings. The molecule has 7 heteroatoms. The molecule has 0 atom stereocenters. The van der Waals surface area contributed by atoms with Gasteiger partial charge < -0.3 is 5.32 Å². The molecule has 2 N–H and O–H groups in total. The van der Waals surface area contributed by atoms with E-state index in [-0.39, 0.29) is 10.8 Å². The molecule has 1 aliphatic carbocycles. The number of nitrogens with one attached hydrogen (secondary N) is 2. The van der Waals surface area contributed by atoms with Crippen LogP contribution in [0.5, 0.6) is 0 Å². The highest BCUT2D eigenvalue weighted by atomic mass is 32.2. The van der Waals surface area contributed by atoms with Gasteiger partial charge in [0.05, 0.1) is 4.90 Å². The van der Waals surface area contributed by atoms with E-state index in [0.29, 0.717) is 23.7 Å². The largest absolute Gasteiger partial charge is 0.322 e. The van der Waals surface area contributed by atoms with Gasteiger partial charge in [-0.1, -0.05) is 12.1 Å². The summed E-state index contributed by atoms with van der Waals surface area (Å²) in [5.41, 5.74) is 0.987. The molecule has 0 unspecified atom stereocenters. The van der Waals surface area contributed by atoms with E-state index in [4.69, 9.17) is 0 Å². The maximum atomic E-state index is 12.4. The molecule has 2 aromatic rings. The van der Waals surface area contributed by atoms with Crippen LogP contribution in [0.2, 0.25) is 0 Å². The molecule has 3 rings (SSSR count). The van der Waals surface area contributed by atoms with Crippen molar-refractivity contribution in [3.05, 3.63) is 54.1 Å². The third kappa shape index (κ3) is 4.84. The number of anilines is 1. The third-order valence-electron chi connectivity index (χ3n) is 3.99. The van der Waals surface area contributed by atoms with Crippen LogP contribution in [0.4, 0.5) is 5.69 Å². The van der Waals surface area contributed by atoms with E-state index in [0.717, 1.165) is 17.7 Å². The number of carbonyl (C=O) groups excluding carboxylic acids is 1. The van der Waals surface area contributed by atoms with E-state index in [2.05, 4.69) is 10.0 Å². The summed E-state index contributed by atoms with van der Waals surface area (Å²) in [4.78, 5) is 13.6. The number of thioether (sulfide) groups is 1. The molecule has 25 heavy (non-hydrogen) atoms. The maximum absolute atomic E-state index is 12.4. The minimum absolute atomic E-state index is 0.110. The van der Waals surface area contributed by atoms with E-state index < -0.39 is 10.0 Å². The van der Waals surface area contributed by atoms with Gasteiger partial charge in [0, 0.05) is 22.7 Å². The molecule has 0 saturated heterocycles. The first-order chi connectivity index (χ1) is 12.0. The average molecular weight is 377 g/mol. The van der Waals surface area contributed by atoms with Crippen molar-refractivity contribution in [2.24, 2.45) is 5.92 Å². The van der Waals surface area contributed by atoms with Gasteiger partial charge >= 0.3 is 0 Å². The maximum Gasteiger partial charge on any atom is 0.255 e. The zero-order valence-corrected chi connectivity index (χ0v) is 15.5. The number of sulfonamides is 1. The van der Waals surface area contributed by atoms with Gasteiger partial charge in [0.2, 0.25) is 10.0 Å². The normalized spacial score (nSPS) is 14.3. The van der Waals surface area contributed by atoms with Crippen LogP contribution in [0, 0.1) is 5.92 Å². The van der Waals surface area contributed by atoms with Crippen molar-refractivity contribution in [1.29, 1.82) is 0 Å². The van der Waals surface area contributed by atoms with Gasteiger partial charge in [0.15, 0.2) is 0 Å². The lowest BCUT2D eigenvalue weighted by Crippen LogP contribution is -2.26. The lowest BCUT2D eigenvalue weighted by molar-refractivity contribution is 0.102. The Labute approximate surface area is 152 Å². The van der Waals surface area contributed by atoms with Crippen molar-refractivity contribution in [2.75, 3.05) is 18.1 Å². The Morgan fingerprint density at radius 2 is 1.92 bits per heavy atom. The first-order valence-corrected chi connectivity index (χ1v) is 10.7. The molecule has 0 aromatic heterocycles. The van der Waals surface area contributed by atoms with Crippen LogP contribution in [-0.2, 0) is 10.0 Å². The van der Waals surface area contributed by atoms with E-state index in [1.54, 1.807) is 30.0 Å². The highest BCUT2D eigenvalue weighted by molar-refractivity contribution is 7.98. The summed E-state index contributed by atoms with van der Waals surface area (Å²) in [7, 11) is -3.59. The Hall–Kier alpha value is -1.83. The minimum atomic E-state index is -3.59. The standard InChI is InChI=1S/C18H20N2O3S2/c1-24-16-6-3-5-15(11-16)20-18(21)14-4-2-7-17(10-14)25(22,23)19-12-13-8-9-13/h2-7,10-11,13,19H,8-9,12H2,1H3,(H,20,21). The van der Waals surface area contributed by atoms with Gasteiger partial charge in [0.25, 0.3) is 5.91 Å². The second-order valence-electron chi connectivity index (χ2n) is 6.01. The predicted octanol–water partition coefficient (Wildman–Crippen LogP) is 3.35. The first kappa shape index (κ1) is 18.0. The molecule has 1 amide bonds. The summed E-state index contributed by atoms with van der Waals surface area (Å²) >= 11 is 1.59. The molecular weight excluding hydrogens is 356 g/mol. The van der Waals surface area contributed by atoms with Crippen molar-refractivity contribution in [3.63, 3.8) is 0 Å². The van der Waals surface area contributed by atoms with Crippen LogP contribution >= 0.6 is 11.8 Å². The number of hydrogen-bond donors (Lipinski definition) is 2. The fourth-order valence-corrected chi connectivity index (χ4v) is 3.96. The van der Waals surface area contributed by atoms with Crippen molar-refractivity contribution in [3.8, 4) is 0 Å². The second kappa shape index (κ2) is 7.59. The Balaban J connectivity index is 1.74. The SMILES string of the molecule is CSc1cccc(NC(=O)c2cccc(S(=O)(=O)NCC3CC3)c2)c1. The number of carbonyl (C=O) groups is 1. The fourth-order valence-electron chi connectivity index (χ4n) is 2.34. The zero-order valence-electron chi connectivity index (χ0n) is 13.9. The molecule has 0 spiro atoms. The molecule has 132 valence electrons. The van der Waals surface area contributed by atoms with Gasteiger partial charge in [-0.05, 0) is 61.4 Å². The lowest BCUT2D eigenvalue weighted by Gasteiger charge is -2.09. The summed E-state index contributed by atoms with van der Waals surface area (Å²) in [5.74, 6) is 0.113. The highest BCUT2D eigenvalue weighted by Crippen LogP contribution is 2.28. The number of benzene rings is 2. The summed E-state index contributed by atoms with van der Waals surface area (Å²) in [6.45, 7) is 0.459. The molecular formula is C18H20N2O3S2. The molecule has 2 aromatic carbocycles. The van der Waals surface area contributed by atoms with Crippen molar-refractivity contribution < 1.29 is 13.2 Å². The highest BCUT2D eigenvalue weighted by Gasteiger charge is 2.24. The van der Waals surface area contributed by atoms with E-state index >= 15 is 0 Å². The van der Waals surface area contributed by atoms with Crippen LogP contribution in [0.15, 0.2) is 58.3 Å². The van der Waals surface area contributed by atoms with Crippen molar-refractivity contribution >= 4 is 33.4 Å². The second-order valence-corrected chi connectivity index (χ2v) is 8.66. The molecule has 0 radical (unpaired) electrons. The molecule has 0 bridgehead atoms. The fraction of sp³-hybridized carbons (Fsp3) is 0.278. The Morgan fingerprint density at radius 3 is 2.64 bits per heavy atom. The monoisotopic (exact) mass is 376 g/mol. The first-order valence-electron chi connectivity index (χ1n) is 8.03. The number of amides is 1. The van der Waals surface area contributed by atoms with Crippen LogP contribution in [0.1, 0.15) is 23.2 Å². The van der Waals surface area contributed by atoms with Crippen molar-refractivity contribution in [1.82, 2.24) is 4.72 Å². The van der Waals surface area contributed by atoms with Crippen LogP contribution in [0.3, 0.4) is 0 Å². The van der Waals surface area contributed by atoms with Gasteiger partial charge in [-0.3, -0.25) is 4.79 Å². The molecule has 1 saturated carbocycles. The predicted molar refractivity (Wildman–Crippen MR) is 101 cm³/mol.